The first-order chi connectivity index (χ1) is 5.44. The molecule has 0 fully saturated rings. The Bertz CT molecular complexity index is 300. The SMILES string of the molecule is [CH3][Sb]1([CH3])([F])[O]c2ccccc2[O]1. The summed E-state index contributed by atoms with van der Waals surface area (Å²) in [7, 11) is 0. The van der Waals surface area contributed by atoms with Crippen molar-refractivity contribution in [3.63, 3.8) is 0 Å². The van der Waals surface area contributed by atoms with Gasteiger partial charge in [0.15, 0.2) is 0 Å². The minimum absolute atomic E-state index is 0.534. The van der Waals surface area contributed by atoms with Gasteiger partial charge in [0.25, 0.3) is 0 Å². The maximum absolute atomic E-state index is 13.8. The molecule has 1 aliphatic heterocycles. The summed E-state index contributed by atoms with van der Waals surface area (Å²) in [5.74, 6) is 1.07. The van der Waals surface area contributed by atoms with Crippen LogP contribution in [0.3, 0.4) is 0 Å². The second kappa shape index (κ2) is 2.08. The molecule has 66 valence electrons. The topological polar surface area (TPSA) is 18.5 Å². The third-order valence-electron chi connectivity index (χ3n) is 1.55. The molecule has 0 N–H and O–H groups in total. The Balaban J connectivity index is 2.47. The van der Waals surface area contributed by atoms with Crippen LogP contribution >= 0.6 is 0 Å². The zero-order chi connectivity index (χ0) is 8.84. The van der Waals surface area contributed by atoms with Crippen molar-refractivity contribution in [3.05, 3.63) is 24.3 Å². The zero-order valence-electron chi connectivity index (χ0n) is 6.95. The number of halogens is 1. The van der Waals surface area contributed by atoms with Gasteiger partial charge >= 0.3 is 73.2 Å². The number of hydrogen-bond donors (Lipinski definition) is 0. The molecule has 1 aromatic carbocycles. The third-order valence-corrected chi connectivity index (χ3v) is 5.58. The Morgan fingerprint density at radius 2 is 1.50 bits per heavy atom. The Morgan fingerprint density at radius 1 is 1.08 bits per heavy atom. The van der Waals surface area contributed by atoms with E-state index in [1.54, 1.807) is 24.3 Å². The van der Waals surface area contributed by atoms with Gasteiger partial charge in [-0.3, -0.25) is 0 Å². The molecule has 0 spiro atoms. The van der Waals surface area contributed by atoms with Crippen LogP contribution in [0.25, 0.3) is 0 Å². The molecule has 2 rings (SSSR count). The van der Waals surface area contributed by atoms with E-state index in [1.165, 1.54) is 9.74 Å². The van der Waals surface area contributed by atoms with Crippen molar-refractivity contribution < 1.29 is 8.84 Å². The van der Waals surface area contributed by atoms with Crippen LogP contribution in [0.5, 0.6) is 11.5 Å². The van der Waals surface area contributed by atoms with Gasteiger partial charge in [-0.1, -0.05) is 0 Å². The summed E-state index contributed by atoms with van der Waals surface area (Å²) in [4.78, 5) is 2.90. The van der Waals surface area contributed by atoms with Crippen molar-refractivity contribution in [2.45, 2.75) is 9.74 Å². The molecule has 0 radical (unpaired) electrons. The monoisotopic (exact) mass is 278 g/mol. The molecule has 12 heavy (non-hydrogen) atoms. The van der Waals surface area contributed by atoms with Crippen LogP contribution in [0.1, 0.15) is 0 Å². The van der Waals surface area contributed by atoms with Crippen molar-refractivity contribution in [1.29, 1.82) is 0 Å². The molecular formula is C8H10FO2Sb. The summed E-state index contributed by atoms with van der Waals surface area (Å²) >= 11 is -4.57. The first-order valence-corrected chi connectivity index (χ1v) is 11.8. The van der Waals surface area contributed by atoms with E-state index >= 15 is 0 Å². The van der Waals surface area contributed by atoms with Gasteiger partial charge in [0.05, 0.1) is 0 Å². The average Bonchev–Trinajstić information content (AvgIpc) is 2.16. The fourth-order valence-electron chi connectivity index (χ4n) is 1.17. The summed E-state index contributed by atoms with van der Waals surface area (Å²) < 4.78 is 24.2. The Kier molecular flexibility index (Phi) is 1.42. The molecule has 2 nitrogen and oxygen atoms in total. The van der Waals surface area contributed by atoms with Gasteiger partial charge < -0.3 is 0 Å². The summed E-state index contributed by atoms with van der Waals surface area (Å²) in [6, 6.07) is 7.05. The van der Waals surface area contributed by atoms with Gasteiger partial charge in [-0.15, -0.1) is 0 Å². The molecule has 0 saturated carbocycles. The number of rotatable bonds is 0. The first kappa shape index (κ1) is 8.18. The van der Waals surface area contributed by atoms with Crippen LogP contribution in [-0.4, -0.2) is 18.8 Å². The molecule has 1 aromatic rings. The van der Waals surface area contributed by atoms with Gasteiger partial charge in [0, 0.05) is 0 Å². The Hall–Kier alpha value is -0.432. The fraction of sp³-hybridized carbons (Fsp3) is 0.250. The second-order valence-corrected chi connectivity index (χ2v) is 14.3. The third kappa shape index (κ3) is 1.38. The number of fused-ring (bicyclic) bond motifs is 1. The molecule has 0 unspecified atom stereocenters. The van der Waals surface area contributed by atoms with Crippen LogP contribution in [-0.2, 0) is 0 Å². The van der Waals surface area contributed by atoms with Gasteiger partial charge in [0.2, 0.25) is 0 Å². The van der Waals surface area contributed by atoms with Gasteiger partial charge in [0.1, 0.15) is 0 Å². The van der Waals surface area contributed by atoms with Gasteiger partial charge in [-0.05, 0) is 0 Å². The number of hydrogen-bond acceptors (Lipinski definition) is 2. The molecule has 0 aliphatic carbocycles. The molecule has 1 heterocycles. The van der Waals surface area contributed by atoms with E-state index in [-0.39, 0.29) is 0 Å². The van der Waals surface area contributed by atoms with E-state index < -0.39 is 18.8 Å². The molecule has 0 saturated heterocycles. The van der Waals surface area contributed by atoms with Crippen molar-refractivity contribution >= 4 is 18.8 Å². The van der Waals surface area contributed by atoms with E-state index in [0.717, 1.165) is 0 Å². The summed E-state index contributed by atoms with van der Waals surface area (Å²) in [5.41, 5.74) is 0. The van der Waals surface area contributed by atoms with Crippen LogP contribution in [0.4, 0.5) is 2.81 Å². The van der Waals surface area contributed by atoms with E-state index in [2.05, 4.69) is 0 Å². The van der Waals surface area contributed by atoms with E-state index in [0.29, 0.717) is 11.5 Å². The second-order valence-electron chi connectivity index (χ2n) is 3.36. The zero-order valence-corrected chi connectivity index (χ0v) is 9.50. The molecule has 0 amide bonds. The van der Waals surface area contributed by atoms with E-state index in [1.807, 2.05) is 0 Å². The molecule has 4 heteroatoms. The van der Waals surface area contributed by atoms with Crippen molar-refractivity contribution in [2.75, 3.05) is 0 Å². The van der Waals surface area contributed by atoms with Crippen LogP contribution in [0.2, 0.25) is 9.74 Å². The average molecular weight is 279 g/mol. The summed E-state index contributed by atoms with van der Waals surface area (Å²) in [5, 5.41) is 0. The number of benzene rings is 1. The van der Waals surface area contributed by atoms with Crippen molar-refractivity contribution in [2.24, 2.45) is 0 Å². The number of para-hydroxylation sites is 2. The van der Waals surface area contributed by atoms with E-state index in [4.69, 9.17) is 6.03 Å². The van der Waals surface area contributed by atoms with Crippen LogP contribution < -0.4 is 6.03 Å². The molecule has 0 aromatic heterocycles. The van der Waals surface area contributed by atoms with Crippen LogP contribution in [0, 0.1) is 0 Å². The predicted octanol–water partition coefficient (Wildman–Crippen LogP) is 2.58. The van der Waals surface area contributed by atoms with Crippen molar-refractivity contribution in [1.82, 2.24) is 0 Å². The van der Waals surface area contributed by atoms with Gasteiger partial charge in [-0.2, -0.15) is 0 Å². The normalized spacial score (nSPS) is 25.8. The summed E-state index contributed by atoms with van der Waals surface area (Å²) in [6.07, 6.45) is 0. The summed E-state index contributed by atoms with van der Waals surface area (Å²) in [6.45, 7) is 0. The Labute approximate surface area is 73.3 Å². The fourth-order valence-corrected chi connectivity index (χ4v) is 5.26. The van der Waals surface area contributed by atoms with Gasteiger partial charge in [-0.25, -0.2) is 0 Å². The molecule has 1 aliphatic rings. The minimum atomic E-state index is -4.57. The molecule has 0 atom stereocenters. The van der Waals surface area contributed by atoms with E-state index in [9.17, 15) is 2.81 Å². The van der Waals surface area contributed by atoms with Crippen LogP contribution in [0.15, 0.2) is 24.3 Å². The quantitative estimate of drug-likeness (QED) is 0.679. The molecular weight excluding hydrogens is 269 g/mol. The maximum atomic E-state index is 13.8. The standard InChI is InChI=1S/C6H6O2.2CH3.FH.Sb/c7-5-3-1-2-4-6(5)8;;;;/h1-4,7-8H;2*1H3;1H;/q;;;;+3/p-3. The van der Waals surface area contributed by atoms with Crippen molar-refractivity contribution in [3.8, 4) is 11.5 Å². The molecule has 0 bridgehead atoms. The predicted molar refractivity (Wildman–Crippen MR) is 46.3 cm³/mol. The first-order valence-electron chi connectivity index (χ1n) is 3.66. The Morgan fingerprint density at radius 3 is 1.92 bits per heavy atom.